The van der Waals surface area contributed by atoms with Gasteiger partial charge >= 0.3 is 0 Å². The van der Waals surface area contributed by atoms with E-state index in [9.17, 15) is 15.0 Å². The van der Waals surface area contributed by atoms with Gasteiger partial charge in [0.05, 0.1) is 26.1 Å². The van der Waals surface area contributed by atoms with Crippen LogP contribution in [-0.4, -0.2) is 67.9 Å². The van der Waals surface area contributed by atoms with Crippen molar-refractivity contribution in [3.8, 4) is 0 Å². The Bertz CT molecular complexity index is 762. The van der Waals surface area contributed by atoms with Crippen LogP contribution in [0.15, 0.2) is 11.1 Å². The van der Waals surface area contributed by atoms with Crippen molar-refractivity contribution in [1.29, 1.82) is 0 Å². The number of nitrogens with one attached hydrogen (secondary N) is 1. The van der Waals surface area contributed by atoms with Crippen LogP contribution < -0.4 is 17.2 Å². The van der Waals surface area contributed by atoms with Gasteiger partial charge in [0.15, 0.2) is 17.4 Å². The number of aromatic amines is 1. The van der Waals surface area contributed by atoms with Crippen molar-refractivity contribution in [2.24, 2.45) is 5.90 Å². The van der Waals surface area contributed by atoms with Gasteiger partial charge in [0.25, 0.3) is 5.56 Å². The van der Waals surface area contributed by atoms with E-state index in [1.807, 2.05) is 0 Å². The number of fused-ring (bicyclic) bond motifs is 1. The van der Waals surface area contributed by atoms with Gasteiger partial charge in [-0.3, -0.25) is 14.3 Å². The molecular formula is C12H18N6O6. The van der Waals surface area contributed by atoms with E-state index in [1.165, 1.54) is 10.9 Å². The number of nitrogens with zero attached hydrogens (tertiary/aromatic N) is 3. The van der Waals surface area contributed by atoms with Gasteiger partial charge in [-0.2, -0.15) is 4.98 Å². The fraction of sp³-hybridized carbons (Fsp3) is 0.583. The zero-order valence-electron chi connectivity index (χ0n) is 12.5. The third kappa shape index (κ3) is 2.98. The summed E-state index contributed by atoms with van der Waals surface area (Å²) in [5.74, 6) is 4.79. The summed E-state index contributed by atoms with van der Waals surface area (Å²) in [7, 11) is 0. The highest BCUT2D eigenvalue weighted by Crippen LogP contribution is 2.31. The molecule has 3 heterocycles. The Morgan fingerprint density at radius 1 is 1.38 bits per heavy atom. The summed E-state index contributed by atoms with van der Waals surface area (Å²) >= 11 is 0. The second-order valence-electron chi connectivity index (χ2n) is 5.27. The van der Waals surface area contributed by atoms with Crippen LogP contribution >= 0.6 is 0 Å². The van der Waals surface area contributed by atoms with Gasteiger partial charge in [0, 0.05) is 0 Å². The molecule has 0 radical (unpaired) electrons. The van der Waals surface area contributed by atoms with Crippen LogP contribution in [-0.2, 0) is 14.3 Å². The van der Waals surface area contributed by atoms with Gasteiger partial charge in [-0.25, -0.2) is 10.9 Å². The van der Waals surface area contributed by atoms with Crippen LogP contribution in [0.4, 0.5) is 5.95 Å². The van der Waals surface area contributed by atoms with Gasteiger partial charge in [-0.15, -0.1) is 0 Å². The number of aliphatic hydroxyl groups is 2. The van der Waals surface area contributed by atoms with Crippen molar-refractivity contribution >= 4 is 17.1 Å². The molecule has 0 saturated carbocycles. The number of hydrogen-bond donors (Lipinski definition) is 5. The van der Waals surface area contributed by atoms with E-state index in [-0.39, 0.29) is 36.9 Å². The summed E-state index contributed by atoms with van der Waals surface area (Å²) < 4.78 is 12.2. The number of H-pyrrole nitrogens is 1. The standard InChI is InChI=1S/C12H18N6O6/c13-12-16-9-6(10(21)17-12)15-4-18(9)11-8(20)7(19)5(24-11)3-22-1-2-23-14/h4-5,7-8,11,19-20H,1-3,14H2,(H3,13,16,17,21)/t5-,7-,8-,11-/m1/s1. The lowest BCUT2D eigenvalue weighted by Crippen LogP contribution is -2.34. The van der Waals surface area contributed by atoms with Crippen LogP contribution in [0.5, 0.6) is 0 Å². The highest BCUT2D eigenvalue weighted by molar-refractivity contribution is 5.70. The van der Waals surface area contributed by atoms with E-state index in [2.05, 4.69) is 19.8 Å². The molecule has 1 aliphatic heterocycles. The SMILES string of the molecule is NOCCOC[C@H]1O[C@@H](n2cnc3c(=O)[nH]c(N)nc32)[C@H](O)[C@@H]1O. The van der Waals surface area contributed by atoms with Crippen LogP contribution in [0, 0.1) is 0 Å². The number of imidazole rings is 1. The zero-order valence-corrected chi connectivity index (χ0v) is 12.5. The number of nitrogen functional groups attached to an aromatic ring is 1. The van der Waals surface area contributed by atoms with Crippen molar-refractivity contribution in [2.75, 3.05) is 25.6 Å². The highest BCUT2D eigenvalue weighted by Gasteiger charge is 2.44. The minimum absolute atomic E-state index is 0.0286. The molecule has 0 spiro atoms. The predicted molar refractivity (Wildman–Crippen MR) is 79.4 cm³/mol. The number of nitrogens with two attached hydrogens (primary N) is 2. The molecule has 1 saturated heterocycles. The molecule has 1 aliphatic rings. The molecule has 2 aromatic rings. The highest BCUT2D eigenvalue weighted by atomic mass is 16.6. The fourth-order valence-corrected chi connectivity index (χ4v) is 2.53. The van der Waals surface area contributed by atoms with E-state index in [1.54, 1.807) is 0 Å². The molecule has 0 unspecified atom stereocenters. The van der Waals surface area contributed by atoms with Gasteiger partial charge in [-0.05, 0) is 0 Å². The summed E-state index contributed by atoms with van der Waals surface area (Å²) in [6, 6.07) is 0. The maximum absolute atomic E-state index is 11.8. The second-order valence-corrected chi connectivity index (χ2v) is 5.27. The Balaban J connectivity index is 1.81. The Labute approximate surface area is 134 Å². The van der Waals surface area contributed by atoms with Crippen molar-refractivity contribution in [2.45, 2.75) is 24.5 Å². The fourth-order valence-electron chi connectivity index (χ4n) is 2.53. The Hall–Kier alpha value is -2.09. The molecule has 132 valence electrons. The first-order valence-corrected chi connectivity index (χ1v) is 7.16. The minimum Gasteiger partial charge on any atom is -0.387 e. The second kappa shape index (κ2) is 6.80. The predicted octanol–water partition coefficient (Wildman–Crippen LogP) is -2.77. The van der Waals surface area contributed by atoms with E-state index in [4.69, 9.17) is 21.1 Å². The molecule has 0 bridgehead atoms. The first-order chi connectivity index (χ1) is 11.5. The molecule has 0 amide bonds. The third-order valence-electron chi connectivity index (χ3n) is 3.69. The molecule has 7 N–H and O–H groups in total. The average molecular weight is 342 g/mol. The van der Waals surface area contributed by atoms with Crippen LogP contribution in [0.2, 0.25) is 0 Å². The van der Waals surface area contributed by atoms with Gasteiger partial charge in [-0.1, -0.05) is 0 Å². The van der Waals surface area contributed by atoms with E-state index in [0.29, 0.717) is 0 Å². The number of rotatable bonds is 6. The number of ether oxygens (including phenoxy) is 2. The van der Waals surface area contributed by atoms with E-state index in [0.717, 1.165) is 0 Å². The zero-order chi connectivity index (χ0) is 17.3. The summed E-state index contributed by atoms with van der Waals surface area (Å²) in [4.78, 5) is 26.4. The lowest BCUT2D eigenvalue weighted by atomic mass is 10.1. The quantitative estimate of drug-likeness (QED) is 0.272. The average Bonchev–Trinajstić information content (AvgIpc) is 3.07. The number of aromatic nitrogens is 4. The minimum atomic E-state index is -1.26. The molecule has 0 aliphatic carbocycles. The Morgan fingerprint density at radius 2 is 2.17 bits per heavy atom. The number of anilines is 1. The molecule has 2 aromatic heterocycles. The van der Waals surface area contributed by atoms with Gasteiger partial charge in [0.1, 0.15) is 18.3 Å². The van der Waals surface area contributed by atoms with Crippen LogP contribution in [0.25, 0.3) is 11.2 Å². The van der Waals surface area contributed by atoms with Gasteiger partial charge < -0.3 is 30.3 Å². The first-order valence-electron chi connectivity index (χ1n) is 7.16. The first kappa shape index (κ1) is 16.8. The van der Waals surface area contributed by atoms with Crippen LogP contribution in [0.3, 0.4) is 0 Å². The summed E-state index contributed by atoms with van der Waals surface area (Å²) in [5, 5.41) is 20.3. The molecule has 12 heteroatoms. The molecule has 1 fully saturated rings. The van der Waals surface area contributed by atoms with Gasteiger partial charge in [0.2, 0.25) is 5.95 Å². The molecule has 0 aromatic carbocycles. The molecule has 3 rings (SSSR count). The molecule has 4 atom stereocenters. The largest absolute Gasteiger partial charge is 0.387 e. The van der Waals surface area contributed by atoms with Crippen molar-refractivity contribution < 1.29 is 24.5 Å². The maximum Gasteiger partial charge on any atom is 0.280 e. The Kier molecular flexibility index (Phi) is 4.75. The lowest BCUT2D eigenvalue weighted by molar-refractivity contribution is -0.0714. The normalized spacial score (nSPS) is 27.1. The third-order valence-corrected chi connectivity index (χ3v) is 3.69. The lowest BCUT2D eigenvalue weighted by Gasteiger charge is -2.16. The molecule has 12 nitrogen and oxygen atoms in total. The van der Waals surface area contributed by atoms with Crippen molar-refractivity contribution in [3.05, 3.63) is 16.7 Å². The Morgan fingerprint density at radius 3 is 2.92 bits per heavy atom. The summed E-state index contributed by atoms with van der Waals surface area (Å²) in [6.45, 7) is 0.430. The van der Waals surface area contributed by atoms with Crippen molar-refractivity contribution in [3.63, 3.8) is 0 Å². The van der Waals surface area contributed by atoms with Crippen LogP contribution in [0.1, 0.15) is 6.23 Å². The topological polar surface area (TPSA) is 184 Å². The number of hydrogen-bond acceptors (Lipinski definition) is 10. The van der Waals surface area contributed by atoms with E-state index < -0.39 is 30.1 Å². The maximum atomic E-state index is 11.8. The number of aliphatic hydroxyl groups excluding tert-OH is 2. The molecule has 24 heavy (non-hydrogen) atoms. The van der Waals surface area contributed by atoms with E-state index >= 15 is 0 Å². The van der Waals surface area contributed by atoms with Crippen molar-refractivity contribution in [1.82, 2.24) is 19.5 Å². The monoisotopic (exact) mass is 342 g/mol. The summed E-state index contributed by atoms with van der Waals surface area (Å²) in [6.07, 6.45) is -2.93. The molecular weight excluding hydrogens is 324 g/mol. The smallest absolute Gasteiger partial charge is 0.280 e. The summed E-state index contributed by atoms with van der Waals surface area (Å²) in [5.41, 5.74) is 5.22.